The lowest BCUT2D eigenvalue weighted by molar-refractivity contribution is -0.383. The molecule has 0 heterocycles. The Bertz CT molecular complexity index is 525. The van der Waals surface area contributed by atoms with Crippen molar-refractivity contribution in [2.45, 2.75) is 20.3 Å². The summed E-state index contributed by atoms with van der Waals surface area (Å²) < 4.78 is 25.3. The second-order valence-electron chi connectivity index (χ2n) is 3.70. The van der Waals surface area contributed by atoms with Crippen LogP contribution < -0.4 is 4.72 Å². The van der Waals surface area contributed by atoms with Gasteiger partial charge in [0, 0.05) is 6.07 Å². The molecule has 0 saturated heterocycles. The van der Waals surface area contributed by atoms with Gasteiger partial charge < -0.3 is 0 Å². The molecule has 0 fully saturated rings. The summed E-state index contributed by atoms with van der Waals surface area (Å²) in [5.41, 5.74) is 0.480. The maximum Gasteiger partial charge on any atom is 0.293 e. The molecule has 0 spiro atoms. The topological polar surface area (TPSA) is 89.3 Å². The van der Waals surface area contributed by atoms with Crippen LogP contribution in [-0.2, 0) is 10.0 Å². The molecule has 17 heavy (non-hydrogen) atoms. The summed E-state index contributed by atoms with van der Waals surface area (Å²) in [6.45, 7) is 3.43. The van der Waals surface area contributed by atoms with Gasteiger partial charge in [-0.3, -0.25) is 14.8 Å². The van der Waals surface area contributed by atoms with E-state index < -0.39 is 14.9 Å². The molecular weight excluding hydrogens is 244 g/mol. The number of rotatable bonds is 5. The number of aryl methyl sites for hydroxylation is 1. The molecule has 0 atom stereocenters. The van der Waals surface area contributed by atoms with Crippen LogP contribution in [0.5, 0.6) is 0 Å². The van der Waals surface area contributed by atoms with Crippen LogP contribution in [0.1, 0.15) is 18.9 Å². The molecule has 0 aromatic heterocycles. The molecule has 0 radical (unpaired) electrons. The summed E-state index contributed by atoms with van der Waals surface area (Å²) in [6.07, 6.45) is 0.453. The Morgan fingerprint density at radius 1 is 1.41 bits per heavy atom. The first-order valence-corrected chi connectivity index (χ1v) is 6.76. The Kier molecular flexibility index (Phi) is 4.06. The number of nitro benzene ring substituents is 1. The van der Waals surface area contributed by atoms with Crippen LogP contribution in [-0.4, -0.2) is 19.1 Å². The van der Waals surface area contributed by atoms with Crippen LogP contribution >= 0.6 is 0 Å². The zero-order valence-corrected chi connectivity index (χ0v) is 10.5. The molecule has 0 amide bonds. The molecule has 7 heteroatoms. The molecule has 1 aromatic rings. The fraction of sp³-hybridized carbons (Fsp3) is 0.400. The summed E-state index contributed by atoms with van der Waals surface area (Å²) in [6, 6.07) is 4.36. The lowest BCUT2D eigenvalue weighted by atomic mass is 10.2. The van der Waals surface area contributed by atoms with E-state index in [-0.39, 0.29) is 17.1 Å². The van der Waals surface area contributed by atoms with E-state index in [2.05, 4.69) is 4.72 Å². The van der Waals surface area contributed by atoms with Gasteiger partial charge in [0.2, 0.25) is 10.0 Å². The van der Waals surface area contributed by atoms with Gasteiger partial charge in [-0.15, -0.1) is 0 Å². The van der Waals surface area contributed by atoms with Crippen LogP contribution in [0.3, 0.4) is 0 Å². The number of nitrogens with zero attached hydrogens (tertiary/aromatic N) is 1. The molecule has 1 aromatic carbocycles. The van der Waals surface area contributed by atoms with Crippen molar-refractivity contribution in [3.05, 3.63) is 33.9 Å². The second kappa shape index (κ2) is 5.13. The van der Waals surface area contributed by atoms with E-state index >= 15 is 0 Å². The minimum Gasteiger partial charge on any atom is -0.277 e. The van der Waals surface area contributed by atoms with E-state index in [4.69, 9.17) is 0 Å². The lowest BCUT2D eigenvalue weighted by Gasteiger charge is -2.07. The van der Waals surface area contributed by atoms with Crippen molar-refractivity contribution in [2.24, 2.45) is 0 Å². The maximum absolute atomic E-state index is 11.5. The van der Waals surface area contributed by atoms with Gasteiger partial charge in [0.1, 0.15) is 5.69 Å². The van der Waals surface area contributed by atoms with E-state index in [1.165, 1.54) is 12.1 Å². The zero-order chi connectivity index (χ0) is 13.1. The van der Waals surface area contributed by atoms with E-state index in [1.54, 1.807) is 19.9 Å². The average molecular weight is 258 g/mol. The Balaban J connectivity index is 3.11. The van der Waals surface area contributed by atoms with Crippen LogP contribution in [0, 0.1) is 17.0 Å². The van der Waals surface area contributed by atoms with Gasteiger partial charge in [-0.2, -0.15) is 0 Å². The molecule has 94 valence electrons. The first-order chi connectivity index (χ1) is 7.85. The molecule has 1 N–H and O–H groups in total. The first-order valence-electron chi connectivity index (χ1n) is 5.11. The average Bonchev–Trinajstić information content (AvgIpc) is 2.20. The fourth-order valence-corrected chi connectivity index (χ4v) is 2.51. The molecule has 0 unspecified atom stereocenters. The summed E-state index contributed by atoms with van der Waals surface area (Å²) in [4.78, 5) is 10.2. The highest BCUT2D eigenvalue weighted by Crippen LogP contribution is 2.26. The Labute approximate surface area is 99.9 Å². The van der Waals surface area contributed by atoms with E-state index in [0.717, 1.165) is 0 Å². The second-order valence-corrected chi connectivity index (χ2v) is 5.54. The molecule has 0 aliphatic rings. The zero-order valence-electron chi connectivity index (χ0n) is 9.63. The standard InChI is InChI=1S/C10H14N2O4S/c1-3-6-17(15,16)11-9-5-4-8(2)7-10(9)12(13)14/h4-5,7,11H,3,6H2,1-2H3. The highest BCUT2D eigenvalue weighted by atomic mass is 32.2. The summed E-state index contributed by atoms with van der Waals surface area (Å²) in [7, 11) is -3.51. The van der Waals surface area contributed by atoms with Gasteiger partial charge in [0.25, 0.3) is 5.69 Å². The van der Waals surface area contributed by atoms with Gasteiger partial charge in [0.15, 0.2) is 0 Å². The minimum atomic E-state index is -3.51. The van der Waals surface area contributed by atoms with Crippen molar-refractivity contribution < 1.29 is 13.3 Å². The molecule has 0 saturated carbocycles. The maximum atomic E-state index is 11.5. The van der Waals surface area contributed by atoms with Gasteiger partial charge in [-0.1, -0.05) is 13.0 Å². The lowest BCUT2D eigenvalue weighted by Crippen LogP contribution is -2.17. The number of nitrogens with one attached hydrogen (secondary N) is 1. The molecule has 0 aliphatic carbocycles. The van der Waals surface area contributed by atoms with Gasteiger partial charge in [-0.05, 0) is 25.0 Å². The number of benzene rings is 1. The minimum absolute atomic E-state index is 0.00838. The van der Waals surface area contributed by atoms with Crippen LogP contribution in [0.15, 0.2) is 18.2 Å². The fourth-order valence-electron chi connectivity index (χ4n) is 1.37. The molecule has 0 bridgehead atoms. The smallest absolute Gasteiger partial charge is 0.277 e. The van der Waals surface area contributed by atoms with Crippen molar-refractivity contribution in [1.82, 2.24) is 0 Å². The quantitative estimate of drug-likeness (QED) is 0.646. The third-order valence-corrected chi connectivity index (χ3v) is 3.56. The van der Waals surface area contributed by atoms with Gasteiger partial charge in [-0.25, -0.2) is 8.42 Å². The number of nitro groups is 1. The third-order valence-electron chi connectivity index (χ3n) is 2.09. The van der Waals surface area contributed by atoms with Crippen molar-refractivity contribution >= 4 is 21.4 Å². The van der Waals surface area contributed by atoms with Crippen molar-refractivity contribution in [2.75, 3.05) is 10.5 Å². The largest absolute Gasteiger partial charge is 0.293 e. The molecule has 1 rings (SSSR count). The van der Waals surface area contributed by atoms with Crippen molar-refractivity contribution in [3.63, 3.8) is 0 Å². The summed E-state index contributed by atoms with van der Waals surface area (Å²) in [5, 5.41) is 10.8. The van der Waals surface area contributed by atoms with Gasteiger partial charge >= 0.3 is 0 Å². The van der Waals surface area contributed by atoms with Crippen LogP contribution in [0.25, 0.3) is 0 Å². The number of hydrogen-bond donors (Lipinski definition) is 1. The Hall–Kier alpha value is -1.63. The van der Waals surface area contributed by atoms with Crippen molar-refractivity contribution in [1.29, 1.82) is 0 Å². The third kappa shape index (κ3) is 3.70. The van der Waals surface area contributed by atoms with E-state index in [0.29, 0.717) is 12.0 Å². The van der Waals surface area contributed by atoms with Crippen LogP contribution in [0.4, 0.5) is 11.4 Å². The first kappa shape index (κ1) is 13.4. The molecular formula is C10H14N2O4S. The summed E-state index contributed by atoms with van der Waals surface area (Å²) in [5.74, 6) is -0.0575. The summed E-state index contributed by atoms with van der Waals surface area (Å²) >= 11 is 0. The molecule has 0 aliphatic heterocycles. The predicted octanol–water partition coefficient (Wildman–Crippen LogP) is 2.05. The SMILES string of the molecule is CCCS(=O)(=O)Nc1ccc(C)cc1[N+](=O)[O-]. The Morgan fingerprint density at radius 3 is 2.59 bits per heavy atom. The van der Waals surface area contributed by atoms with E-state index in [1.807, 2.05) is 0 Å². The predicted molar refractivity (Wildman–Crippen MR) is 65.5 cm³/mol. The Morgan fingerprint density at radius 2 is 2.06 bits per heavy atom. The van der Waals surface area contributed by atoms with E-state index in [9.17, 15) is 18.5 Å². The van der Waals surface area contributed by atoms with Crippen LogP contribution in [0.2, 0.25) is 0 Å². The molecule has 6 nitrogen and oxygen atoms in total. The highest BCUT2D eigenvalue weighted by molar-refractivity contribution is 7.92. The normalized spacial score (nSPS) is 11.2. The number of hydrogen-bond acceptors (Lipinski definition) is 4. The highest BCUT2D eigenvalue weighted by Gasteiger charge is 2.18. The number of anilines is 1. The van der Waals surface area contributed by atoms with Crippen molar-refractivity contribution in [3.8, 4) is 0 Å². The van der Waals surface area contributed by atoms with Gasteiger partial charge in [0.05, 0.1) is 10.7 Å². The monoisotopic (exact) mass is 258 g/mol. The number of sulfonamides is 1.